The molecule has 1 aromatic carbocycles. The Morgan fingerprint density at radius 1 is 1.20 bits per heavy atom. The van der Waals surface area contributed by atoms with E-state index in [4.69, 9.17) is 0 Å². The van der Waals surface area contributed by atoms with Gasteiger partial charge in [-0.25, -0.2) is 0 Å². The van der Waals surface area contributed by atoms with E-state index in [0.29, 0.717) is 6.04 Å². The molecule has 0 amide bonds. The highest BCUT2D eigenvalue weighted by Crippen LogP contribution is 2.37. The van der Waals surface area contributed by atoms with Crippen molar-refractivity contribution in [1.82, 2.24) is 5.32 Å². The second-order valence-corrected chi connectivity index (χ2v) is 5.72. The third kappa shape index (κ3) is 2.29. The first-order chi connectivity index (χ1) is 7.24. The van der Waals surface area contributed by atoms with Crippen molar-refractivity contribution in [3.05, 3.63) is 32.2 Å². The zero-order chi connectivity index (χ0) is 10.8. The van der Waals surface area contributed by atoms with Gasteiger partial charge < -0.3 is 5.32 Å². The fourth-order valence-corrected chi connectivity index (χ4v) is 3.52. The lowest BCUT2D eigenvalue weighted by molar-refractivity contribution is 0.532. The maximum atomic E-state index is 3.67. The molecule has 1 nitrogen and oxygen atoms in total. The van der Waals surface area contributed by atoms with Crippen LogP contribution < -0.4 is 5.32 Å². The summed E-state index contributed by atoms with van der Waals surface area (Å²) in [6, 6.07) is 4.77. The predicted molar refractivity (Wildman–Crippen MR) is 71.2 cm³/mol. The van der Waals surface area contributed by atoms with E-state index in [1.165, 1.54) is 45.8 Å². The molecule has 0 spiro atoms. The molecule has 0 aliphatic heterocycles. The highest BCUT2D eigenvalue weighted by atomic mass is 79.9. The maximum absolute atomic E-state index is 3.67. The molecule has 0 fully saturated rings. The summed E-state index contributed by atoms with van der Waals surface area (Å²) in [4.78, 5) is 0. The molecule has 0 saturated heterocycles. The minimum atomic E-state index is 0.495. The Morgan fingerprint density at radius 2 is 1.93 bits per heavy atom. The van der Waals surface area contributed by atoms with Gasteiger partial charge in [0.05, 0.1) is 0 Å². The van der Waals surface area contributed by atoms with E-state index in [0.717, 1.165) is 0 Å². The average Bonchev–Trinajstić information content (AvgIpc) is 2.46. The molecular weight excluding hydrogens is 318 g/mol. The van der Waals surface area contributed by atoms with E-state index in [2.05, 4.69) is 49.3 Å². The van der Waals surface area contributed by atoms with Gasteiger partial charge in [0.15, 0.2) is 0 Å². The van der Waals surface area contributed by atoms with Crippen LogP contribution in [0.25, 0.3) is 0 Å². The lowest BCUT2D eigenvalue weighted by Crippen LogP contribution is -2.17. The molecule has 0 heterocycles. The lowest BCUT2D eigenvalue weighted by Gasteiger charge is -2.19. The Morgan fingerprint density at radius 3 is 2.67 bits per heavy atom. The summed E-state index contributed by atoms with van der Waals surface area (Å²) in [6.45, 7) is 0. The van der Waals surface area contributed by atoms with Gasteiger partial charge in [0.2, 0.25) is 0 Å². The summed E-state index contributed by atoms with van der Waals surface area (Å²) in [5.74, 6) is 0. The van der Waals surface area contributed by atoms with Crippen LogP contribution in [0, 0.1) is 0 Å². The van der Waals surface area contributed by atoms with Crippen molar-refractivity contribution in [2.75, 3.05) is 7.05 Å². The third-order valence-corrected chi connectivity index (χ3v) is 4.55. The Balaban J connectivity index is 2.54. The molecule has 1 aliphatic carbocycles. The zero-order valence-electron chi connectivity index (χ0n) is 8.82. The van der Waals surface area contributed by atoms with E-state index in [9.17, 15) is 0 Å². The summed E-state index contributed by atoms with van der Waals surface area (Å²) < 4.78 is 2.49. The molecule has 1 N–H and O–H groups in total. The second kappa shape index (κ2) is 4.98. The van der Waals surface area contributed by atoms with Gasteiger partial charge in [0.1, 0.15) is 0 Å². The van der Waals surface area contributed by atoms with E-state index < -0.39 is 0 Å². The van der Waals surface area contributed by atoms with Crippen LogP contribution in [0.4, 0.5) is 0 Å². The number of nitrogens with one attached hydrogen (secondary N) is 1. The highest BCUT2D eigenvalue weighted by Gasteiger charge is 2.21. The fourth-order valence-electron chi connectivity index (χ4n) is 2.32. The molecule has 0 aromatic heterocycles. The minimum Gasteiger partial charge on any atom is -0.313 e. The van der Waals surface area contributed by atoms with Crippen molar-refractivity contribution < 1.29 is 0 Å². The maximum Gasteiger partial charge on any atom is 0.0331 e. The van der Waals surface area contributed by atoms with Crippen molar-refractivity contribution in [3.8, 4) is 0 Å². The number of hydrogen-bond donors (Lipinski definition) is 1. The molecule has 1 atom stereocenters. The van der Waals surface area contributed by atoms with E-state index in [-0.39, 0.29) is 0 Å². The topological polar surface area (TPSA) is 12.0 Å². The Hall–Kier alpha value is 0.140. The largest absolute Gasteiger partial charge is 0.313 e. The quantitative estimate of drug-likeness (QED) is 0.760. The van der Waals surface area contributed by atoms with E-state index >= 15 is 0 Å². The summed E-state index contributed by atoms with van der Waals surface area (Å²) in [7, 11) is 2.05. The molecule has 0 bridgehead atoms. The Labute approximate surface area is 108 Å². The predicted octanol–water partition coefficient (Wildman–Crippen LogP) is 4.20. The normalized spacial score (nSPS) is 20.9. The van der Waals surface area contributed by atoms with Crippen molar-refractivity contribution in [2.45, 2.75) is 31.7 Å². The van der Waals surface area contributed by atoms with Crippen molar-refractivity contribution in [1.29, 1.82) is 0 Å². The Kier molecular flexibility index (Phi) is 3.86. The summed E-state index contributed by atoms with van der Waals surface area (Å²) >= 11 is 7.33. The van der Waals surface area contributed by atoms with Gasteiger partial charge in [-0.1, -0.05) is 38.3 Å². The monoisotopic (exact) mass is 331 g/mol. The van der Waals surface area contributed by atoms with Crippen LogP contribution in [0.15, 0.2) is 21.1 Å². The van der Waals surface area contributed by atoms with Crippen molar-refractivity contribution in [2.24, 2.45) is 0 Å². The van der Waals surface area contributed by atoms with E-state index in [1.807, 2.05) is 7.05 Å². The molecule has 82 valence electrons. The number of benzene rings is 1. The summed E-state index contributed by atoms with van der Waals surface area (Å²) in [5.41, 5.74) is 2.92. The van der Waals surface area contributed by atoms with Crippen LogP contribution in [-0.4, -0.2) is 7.05 Å². The molecule has 0 radical (unpaired) electrons. The van der Waals surface area contributed by atoms with Gasteiger partial charge >= 0.3 is 0 Å². The van der Waals surface area contributed by atoms with Crippen molar-refractivity contribution >= 4 is 31.9 Å². The van der Waals surface area contributed by atoms with Crippen LogP contribution in [0.2, 0.25) is 0 Å². The summed E-state index contributed by atoms with van der Waals surface area (Å²) in [6.07, 6.45) is 5.02. The van der Waals surface area contributed by atoms with Crippen LogP contribution in [0.3, 0.4) is 0 Å². The SMILES string of the molecule is CNC1CCCCc2c(Br)ccc(Br)c21. The minimum absolute atomic E-state index is 0.495. The third-order valence-electron chi connectivity index (χ3n) is 3.11. The first-order valence-corrected chi connectivity index (χ1v) is 6.96. The Bertz CT molecular complexity index is 363. The molecule has 0 saturated carbocycles. The first-order valence-electron chi connectivity index (χ1n) is 5.38. The van der Waals surface area contributed by atoms with Crippen LogP contribution in [-0.2, 0) is 6.42 Å². The molecular formula is C12H15Br2N. The lowest BCUT2D eigenvalue weighted by atomic mass is 9.99. The van der Waals surface area contributed by atoms with Gasteiger partial charge in [-0.3, -0.25) is 0 Å². The first kappa shape index (κ1) is 11.6. The van der Waals surface area contributed by atoms with Crippen molar-refractivity contribution in [3.63, 3.8) is 0 Å². The van der Waals surface area contributed by atoms with Crippen LogP contribution in [0.1, 0.15) is 36.4 Å². The number of halogens is 2. The van der Waals surface area contributed by atoms with Gasteiger partial charge in [0.25, 0.3) is 0 Å². The van der Waals surface area contributed by atoms with Crippen LogP contribution in [0.5, 0.6) is 0 Å². The van der Waals surface area contributed by atoms with Crippen LogP contribution >= 0.6 is 31.9 Å². The fraction of sp³-hybridized carbons (Fsp3) is 0.500. The molecule has 1 unspecified atom stereocenters. The molecule has 3 heteroatoms. The molecule has 1 aliphatic rings. The number of fused-ring (bicyclic) bond motifs is 1. The molecule has 1 aromatic rings. The highest BCUT2D eigenvalue weighted by molar-refractivity contribution is 9.11. The summed E-state index contributed by atoms with van der Waals surface area (Å²) in [5, 5.41) is 3.42. The van der Waals surface area contributed by atoms with E-state index in [1.54, 1.807) is 0 Å². The number of rotatable bonds is 1. The number of hydrogen-bond acceptors (Lipinski definition) is 1. The standard InChI is InChI=1S/C12H15Br2N/c1-15-11-5-3-2-4-8-9(13)6-7-10(14)12(8)11/h6-7,11,15H,2-5H2,1H3. The zero-order valence-corrected chi connectivity index (χ0v) is 12.0. The van der Waals surface area contributed by atoms with Gasteiger partial charge in [-0.15, -0.1) is 0 Å². The van der Waals surface area contributed by atoms with Gasteiger partial charge in [-0.2, -0.15) is 0 Å². The van der Waals surface area contributed by atoms with Gasteiger partial charge in [0, 0.05) is 15.0 Å². The molecule has 15 heavy (non-hydrogen) atoms. The molecule has 2 rings (SSSR count). The second-order valence-electron chi connectivity index (χ2n) is 4.01. The average molecular weight is 333 g/mol. The smallest absolute Gasteiger partial charge is 0.0331 e. The van der Waals surface area contributed by atoms with Gasteiger partial charge in [-0.05, 0) is 49.6 Å².